The molecule has 0 spiro atoms. The van der Waals surface area contributed by atoms with Gasteiger partial charge in [-0.1, -0.05) is 17.6 Å². The van der Waals surface area contributed by atoms with Crippen LogP contribution in [-0.4, -0.2) is 44.0 Å². The lowest BCUT2D eigenvalue weighted by atomic mass is 9.84. The molecule has 1 amide bonds. The second kappa shape index (κ2) is 7.14. The van der Waals surface area contributed by atoms with Gasteiger partial charge in [0.25, 0.3) is 0 Å². The van der Waals surface area contributed by atoms with Crippen LogP contribution in [0.2, 0.25) is 0 Å². The summed E-state index contributed by atoms with van der Waals surface area (Å²) in [5, 5.41) is 4.16. The Morgan fingerprint density at radius 1 is 1.04 bits per heavy atom. The molecular formula is C21H21N5O2. The normalized spacial score (nSPS) is 22.2. The van der Waals surface area contributed by atoms with E-state index in [1.165, 1.54) is 0 Å². The first-order valence-electron chi connectivity index (χ1n) is 9.72. The molecule has 2 atom stereocenters. The van der Waals surface area contributed by atoms with Crippen LogP contribution < -0.4 is 0 Å². The highest BCUT2D eigenvalue weighted by Gasteiger charge is 2.42. The molecule has 28 heavy (non-hydrogen) atoms. The number of pyridine rings is 2. The molecule has 4 heterocycles. The van der Waals surface area contributed by atoms with Gasteiger partial charge in [0.05, 0.1) is 5.92 Å². The Bertz CT molecular complexity index is 955. The highest BCUT2D eigenvalue weighted by atomic mass is 16.5. The summed E-state index contributed by atoms with van der Waals surface area (Å²) >= 11 is 0. The fourth-order valence-electron chi connectivity index (χ4n) is 4.08. The molecule has 1 saturated carbocycles. The maximum absolute atomic E-state index is 12.8. The van der Waals surface area contributed by atoms with E-state index in [1.54, 1.807) is 18.6 Å². The Kier molecular flexibility index (Phi) is 4.35. The molecule has 0 N–H and O–H groups in total. The molecule has 142 valence electrons. The van der Waals surface area contributed by atoms with Gasteiger partial charge in [-0.3, -0.25) is 14.8 Å². The van der Waals surface area contributed by atoms with Gasteiger partial charge < -0.3 is 9.42 Å². The van der Waals surface area contributed by atoms with E-state index in [2.05, 4.69) is 26.2 Å². The fourth-order valence-corrected chi connectivity index (χ4v) is 4.08. The van der Waals surface area contributed by atoms with Crippen molar-refractivity contribution in [1.29, 1.82) is 0 Å². The molecule has 0 aromatic carbocycles. The summed E-state index contributed by atoms with van der Waals surface area (Å²) < 4.78 is 5.64. The zero-order valence-corrected chi connectivity index (χ0v) is 15.4. The van der Waals surface area contributed by atoms with Crippen molar-refractivity contribution in [3.8, 4) is 11.4 Å². The molecule has 5 rings (SSSR count). The molecule has 2 fully saturated rings. The summed E-state index contributed by atoms with van der Waals surface area (Å²) in [6.45, 7) is 1.27. The zero-order valence-electron chi connectivity index (χ0n) is 15.4. The Morgan fingerprint density at radius 3 is 2.57 bits per heavy atom. The molecule has 1 saturated heterocycles. The first kappa shape index (κ1) is 17.0. The lowest BCUT2D eigenvalue weighted by Crippen LogP contribution is -2.37. The number of aromatic nitrogens is 4. The summed E-state index contributed by atoms with van der Waals surface area (Å²) in [4.78, 5) is 27.8. The van der Waals surface area contributed by atoms with Gasteiger partial charge in [-0.2, -0.15) is 4.98 Å². The SMILES string of the molecule is O=C(C1CCC1)N1C[C@@H](c2cccnc2)[C@H](c2nc(-c3ccncc3)no2)C1. The number of carbonyl (C=O) groups excluding carboxylic acids is 1. The van der Waals surface area contributed by atoms with Crippen LogP contribution in [-0.2, 0) is 4.79 Å². The Morgan fingerprint density at radius 2 is 1.86 bits per heavy atom. The van der Waals surface area contributed by atoms with Gasteiger partial charge in [0.15, 0.2) is 0 Å². The lowest BCUT2D eigenvalue weighted by molar-refractivity contribution is -0.137. The maximum atomic E-state index is 12.8. The van der Waals surface area contributed by atoms with E-state index in [0.717, 1.165) is 30.4 Å². The highest BCUT2D eigenvalue weighted by Crippen LogP contribution is 2.41. The second-order valence-electron chi connectivity index (χ2n) is 7.56. The Labute approximate surface area is 162 Å². The Hall–Kier alpha value is -3.09. The van der Waals surface area contributed by atoms with Crippen LogP contribution in [0, 0.1) is 5.92 Å². The molecule has 3 aromatic heterocycles. The van der Waals surface area contributed by atoms with Gasteiger partial charge in [-0.15, -0.1) is 0 Å². The Balaban J connectivity index is 1.45. The summed E-state index contributed by atoms with van der Waals surface area (Å²) in [5.74, 6) is 1.63. The third kappa shape index (κ3) is 3.06. The first-order chi connectivity index (χ1) is 13.8. The predicted octanol–water partition coefficient (Wildman–Crippen LogP) is 3.04. The molecule has 7 nitrogen and oxygen atoms in total. The van der Waals surface area contributed by atoms with Gasteiger partial charge in [0.2, 0.25) is 17.6 Å². The summed E-state index contributed by atoms with van der Waals surface area (Å²) in [6, 6.07) is 7.70. The quantitative estimate of drug-likeness (QED) is 0.697. The third-order valence-corrected chi connectivity index (χ3v) is 5.90. The summed E-state index contributed by atoms with van der Waals surface area (Å²) in [6.07, 6.45) is 10.2. The minimum Gasteiger partial charge on any atom is -0.341 e. The average Bonchev–Trinajstić information content (AvgIpc) is 3.35. The third-order valence-electron chi connectivity index (χ3n) is 5.90. The molecule has 3 aromatic rings. The number of likely N-dealkylation sites (tertiary alicyclic amines) is 1. The average molecular weight is 375 g/mol. The minimum absolute atomic E-state index is 0.0312. The number of hydrogen-bond donors (Lipinski definition) is 0. The predicted molar refractivity (Wildman–Crippen MR) is 101 cm³/mol. The molecule has 7 heteroatoms. The van der Waals surface area contributed by atoms with Crippen LogP contribution in [0.3, 0.4) is 0 Å². The van der Waals surface area contributed by atoms with Crippen LogP contribution in [0.1, 0.15) is 42.6 Å². The topological polar surface area (TPSA) is 85.0 Å². The standard InChI is InChI=1S/C21H21N5O2/c27-21(15-3-1-4-15)26-12-17(16-5-2-8-23-11-16)18(13-26)20-24-19(25-28-20)14-6-9-22-10-7-14/h2,5-11,15,17-18H,1,3-4,12-13H2/t17-,18+/m0/s1. The number of hydrogen-bond acceptors (Lipinski definition) is 6. The van der Waals surface area contributed by atoms with Crippen molar-refractivity contribution >= 4 is 5.91 Å². The van der Waals surface area contributed by atoms with Crippen molar-refractivity contribution in [3.05, 3.63) is 60.5 Å². The largest absolute Gasteiger partial charge is 0.341 e. The molecule has 2 aliphatic rings. The lowest BCUT2D eigenvalue weighted by Gasteiger charge is -2.29. The van der Waals surface area contributed by atoms with Crippen molar-refractivity contribution < 1.29 is 9.32 Å². The van der Waals surface area contributed by atoms with Crippen molar-refractivity contribution in [2.45, 2.75) is 31.1 Å². The van der Waals surface area contributed by atoms with E-state index in [1.807, 2.05) is 29.3 Å². The van der Waals surface area contributed by atoms with Crippen LogP contribution >= 0.6 is 0 Å². The molecule has 1 aliphatic carbocycles. The number of rotatable bonds is 4. The molecular weight excluding hydrogens is 354 g/mol. The van der Waals surface area contributed by atoms with E-state index < -0.39 is 0 Å². The number of amides is 1. The summed E-state index contributed by atoms with van der Waals surface area (Å²) in [7, 11) is 0. The van der Waals surface area contributed by atoms with E-state index in [0.29, 0.717) is 24.8 Å². The monoisotopic (exact) mass is 375 g/mol. The zero-order chi connectivity index (χ0) is 18.9. The number of nitrogens with zero attached hydrogens (tertiary/aromatic N) is 5. The highest BCUT2D eigenvalue weighted by molar-refractivity contribution is 5.80. The number of carbonyl (C=O) groups is 1. The summed E-state index contributed by atoms with van der Waals surface area (Å²) in [5.41, 5.74) is 1.96. The van der Waals surface area contributed by atoms with Gasteiger partial charge in [-0.05, 0) is 36.6 Å². The smallest absolute Gasteiger partial charge is 0.232 e. The minimum atomic E-state index is -0.0312. The first-order valence-corrected chi connectivity index (χ1v) is 9.72. The van der Waals surface area contributed by atoms with Crippen molar-refractivity contribution in [2.75, 3.05) is 13.1 Å². The van der Waals surface area contributed by atoms with Crippen molar-refractivity contribution in [1.82, 2.24) is 25.0 Å². The maximum Gasteiger partial charge on any atom is 0.232 e. The van der Waals surface area contributed by atoms with E-state index >= 15 is 0 Å². The van der Waals surface area contributed by atoms with E-state index in [-0.39, 0.29) is 23.7 Å². The molecule has 1 aliphatic heterocycles. The van der Waals surface area contributed by atoms with Gasteiger partial charge in [0.1, 0.15) is 0 Å². The van der Waals surface area contributed by atoms with Gasteiger partial charge >= 0.3 is 0 Å². The van der Waals surface area contributed by atoms with Crippen LogP contribution in [0.25, 0.3) is 11.4 Å². The van der Waals surface area contributed by atoms with E-state index in [9.17, 15) is 4.79 Å². The van der Waals surface area contributed by atoms with Gasteiger partial charge in [0, 0.05) is 55.3 Å². The van der Waals surface area contributed by atoms with Gasteiger partial charge in [-0.25, -0.2) is 0 Å². The van der Waals surface area contributed by atoms with Crippen molar-refractivity contribution in [3.63, 3.8) is 0 Å². The van der Waals surface area contributed by atoms with Crippen LogP contribution in [0.5, 0.6) is 0 Å². The van der Waals surface area contributed by atoms with Crippen LogP contribution in [0.15, 0.2) is 53.6 Å². The van der Waals surface area contributed by atoms with E-state index in [4.69, 9.17) is 4.52 Å². The molecule has 0 radical (unpaired) electrons. The molecule has 0 bridgehead atoms. The second-order valence-corrected chi connectivity index (χ2v) is 7.56. The molecule has 0 unspecified atom stereocenters. The van der Waals surface area contributed by atoms with Crippen LogP contribution in [0.4, 0.5) is 0 Å². The van der Waals surface area contributed by atoms with Crippen molar-refractivity contribution in [2.24, 2.45) is 5.92 Å². The fraction of sp³-hybridized carbons (Fsp3) is 0.381.